The number of ether oxygens (including phenoxy) is 1. The topological polar surface area (TPSA) is 26.3 Å². The molecule has 0 saturated heterocycles. The van der Waals surface area contributed by atoms with Crippen LogP contribution in [0, 0.1) is 11.3 Å². The molecule has 1 aromatic rings. The van der Waals surface area contributed by atoms with Crippen LogP contribution in [0.15, 0.2) is 30.3 Å². The summed E-state index contributed by atoms with van der Waals surface area (Å²) in [6.45, 7) is 7.91. The van der Waals surface area contributed by atoms with Crippen LogP contribution in [0.3, 0.4) is 0 Å². The number of esters is 1. The van der Waals surface area contributed by atoms with Crippen LogP contribution in [0.5, 0.6) is 0 Å². The average molecular weight is 218 g/mol. The summed E-state index contributed by atoms with van der Waals surface area (Å²) in [5.74, 6) is 0.146. The molecule has 0 bridgehead atoms. The van der Waals surface area contributed by atoms with Gasteiger partial charge in [0.05, 0.1) is 0 Å². The van der Waals surface area contributed by atoms with Gasteiger partial charge in [-0.3, -0.25) is 4.79 Å². The fraction of sp³-hybridized carbons (Fsp3) is 0.500. The third kappa shape index (κ3) is 1.29. The second kappa shape index (κ2) is 3.34. The van der Waals surface area contributed by atoms with E-state index < -0.39 is 5.60 Å². The first-order valence-electron chi connectivity index (χ1n) is 5.68. The Morgan fingerprint density at radius 2 is 1.75 bits per heavy atom. The van der Waals surface area contributed by atoms with E-state index in [9.17, 15) is 4.79 Å². The Kier molecular flexibility index (Phi) is 2.33. The maximum atomic E-state index is 11.3. The Morgan fingerprint density at radius 3 is 2.12 bits per heavy atom. The van der Waals surface area contributed by atoms with Gasteiger partial charge in [0.25, 0.3) is 0 Å². The first-order valence-corrected chi connectivity index (χ1v) is 5.68. The quantitative estimate of drug-likeness (QED) is 0.713. The van der Waals surface area contributed by atoms with E-state index in [-0.39, 0.29) is 11.4 Å². The zero-order chi connectivity index (χ0) is 12.0. The van der Waals surface area contributed by atoms with Crippen LogP contribution < -0.4 is 0 Å². The molecule has 0 aromatic heterocycles. The van der Waals surface area contributed by atoms with Crippen molar-refractivity contribution in [2.24, 2.45) is 11.3 Å². The maximum Gasteiger partial charge on any atom is 0.303 e. The van der Waals surface area contributed by atoms with Crippen molar-refractivity contribution in [1.82, 2.24) is 0 Å². The molecule has 2 heteroatoms. The minimum absolute atomic E-state index is 0.0139. The lowest BCUT2D eigenvalue weighted by Crippen LogP contribution is -2.22. The highest BCUT2D eigenvalue weighted by atomic mass is 16.6. The predicted molar refractivity (Wildman–Crippen MR) is 62.8 cm³/mol. The van der Waals surface area contributed by atoms with Crippen molar-refractivity contribution >= 4 is 5.97 Å². The third-order valence-corrected chi connectivity index (χ3v) is 4.07. The van der Waals surface area contributed by atoms with Gasteiger partial charge < -0.3 is 4.74 Å². The molecule has 86 valence electrons. The number of benzene rings is 1. The Bertz CT molecular complexity index is 408. The molecular weight excluding hydrogens is 200 g/mol. The molecule has 2 nitrogen and oxygen atoms in total. The highest BCUT2D eigenvalue weighted by Crippen LogP contribution is 2.69. The van der Waals surface area contributed by atoms with Crippen LogP contribution in [0.25, 0.3) is 0 Å². The van der Waals surface area contributed by atoms with Gasteiger partial charge in [-0.25, -0.2) is 0 Å². The van der Waals surface area contributed by atoms with Gasteiger partial charge in [-0.05, 0) is 5.56 Å². The lowest BCUT2D eigenvalue weighted by Gasteiger charge is -2.21. The second-order valence-corrected chi connectivity index (χ2v) is 5.14. The molecule has 16 heavy (non-hydrogen) atoms. The Balaban J connectivity index is 2.43. The molecule has 2 unspecified atom stereocenters. The first-order chi connectivity index (χ1) is 7.43. The second-order valence-electron chi connectivity index (χ2n) is 5.14. The van der Waals surface area contributed by atoms with E-state index in [0.29, 0.717) is 5.92 Å². The molecule has 1 saturated carbocycles. The van der Waals surface area contributed by atoms with Crippen molar-refractivity contribution in [3.8, 4) is 0 Å². The van der Waals surface area contributed by atoms with E-state index in [2.05, 4.69) is 20.8 Å². The molecule has 0 N–H and O–H groups in total. The molecule has 0 aliphatic heterocycles. The van der Waals surface area contributed by atoms with E-state index in [1.54, 1.807) is 0 Å². The van der Waals surface area contributed by atoms with Gasteiger partial charge >= 0.3 is 5.97 Å². The molecule has 1 aliphatic rings. The smallest absolute Gasteiger partial charge is 0.303 e. The summed E-state index contributed by atoms with van der Waals surface area (Å²) in [6, 6.07) is 10.0. The summed E-state index contributed by atoms with van der Waals surface area (Å²) >= 11 is 0. The molecular formula is C14H18O2. The number of hydrogen-bond acceptors (Lipinski definition) is 2. The van der Waals surface area contributed by atoms with Crippen LogP contribution in [-0.2, 0) is 15.1 Å². The fourth-order valence-corrected chi connectivity index (χ4v) is 2.79. The van der Waals surface area contributed by atoms with E-state index >= 15 is 0 Å². The van der Waals surface area contributed by atoms with Crippen molar-refractivity contribution in [3.05, 3.63) is 35.9 Å². The van der Waals surface area contributed by atoms with Gasteiger partial charge in [0, 0.05) is 18.3 Å². The summed E-state index contributed by atoms with van der Waals surface area (Å²) in [5.41, 5.74) is 0.683. The van der Waals surface area contributed by atoms with Gasteiger partial charge in [0.2, 0.25) is 0 Å². The summed E-state index contributed by atoms with van der Waals surface area (Å²) in [7, 11) is 0. The molecule has 0 amide bonds. The SMILES string of the molecule is CC(=O)OC1(c2ccccc2)C(C)C1(C)C. The largest absolute Gasteiger partial charge is 0.453 e. The van der Waals surface area contributed by atoms with Crippen LogP contribution in [-0.4, -0.2) is 5.97 Å². The Hall–Kier alpha value is -1.31. The summed E-state index contributed by atoms with van der Waals surface area (Å²) in [6.07, 6.45) is 0. The normalized spacial score (nSPS) is 30.9. The molecule has 2 rings (SSSR count). The van der Waals surface area contributed by atoms with Crippen LogP contribution in [0.4, 0.5) is 0 Å². The number of carbonyl (C=O) groups excluding carboxylic acids is 1. The zero-order valence-corrected chi connectivity index (χ0v) is 10.3. The van der Waals surface area contributed by atoms with Crippen molar-refractivity contribution < 1.29 is 9.53 Å². The van der Waals surface area contributed by atoms with E-state index in [1.165, 1.54) is 6.92 Å². The van der Waals surface area contributed by atoms with E-state index in [4.69, 9.17) is 4.74 Å². The monoisotopic (exact) mass is 218 g/mol. The lowest BCUT2D eigenvalue weighted by molar-refractivity contribution is -0.152. The maximum absolute atomic E-state index is 11.3. The van der Waals surface area contributed by atoms with Crippen molar-refractivity contribution in [1.29, 1.82) is 0 Å². The molecule has 0 heterocycles. The lowest BCUT2D eigenvalue weighted by atomic mass is 9.99. The summed E-state index contributed by atoms with van der Waals surface area (Å²) in [5, 5.41) is 0. The average Bonchev–Trinajstić information content (AvgIpc) is 2.65. The van der Waals surface area contributed by atoms with E-state index in [0.717, 1.165) is 5.56 Å². The minimum atomic E-state index is -0.430. The van der Waals surface area contributed by atoms with Gasteiger partial charge in [-0.2, -0.15) is 0 Å². The van der Waals surface area contributed by atoms with Crippen molar-refractivity contribution in [2.45, 2.75) is 33.3 Å². The van der Waals surface area contributed by atoms with Gasteiger partial charge in [-0.1, -0.05) is 51.1 Å². The van der Waals surface area contributed by atoms with Crippen LogP contribution in [0.2, 0.25) is 0 Å². The minimum Gasteiger partial charge on any atom is -0.453 e. The highest BCUT2D eigenvalue weighted by Gasteiger charge is 2.72. The number of hydrogen-bond donors (Lipinski definition) is 0. The van der Waals surface area contributed by atoms with Crippen LogP contribution >= 0.6 is 0 Å². The number of carbonyl (C=O) groups is 1. The summed E-state index contributed by atoms with van der Waals surface area (Å²) in [4.78, 5) is 11.3. The van der Waals surface area contributed by atoms with Gasteiger partial charge in [0.15, 0.2) is 0 Å². The molecule has 0 radical (unpaired) electrons. The highest BCUT2D eigenvalue weighted by molar-refractivity contribution is 5.68. The standard InChI is InChI=1S/C14H18O2/c1-10-13(3,4)14(10,16-11(2)15)12-8-6-5-7-9-12/h5-10H,1-4H3. The Morgan fingerprint density at radius 1 is 1.25 bits per heavy atom. The summed E-state index contributed by atoms with van der Waals surface area (Å²) < 4.78 is 5.62. The van der Waals surface area contributed by atoms with Crippen molar-refractivity contribution in [2.75, 3.05) is 0 Å². The zero-order valence-electron chi connectivity index (χ0n) is 10.3. The first kappa shape index (κ1) is 11.2. The van der Waals surface area contributed by atoms with Gasteiger partial charge in [0.1, 0.15) is 5.60 Å². The molecule has 2 atom stereocenters. The third-order valence-electron chi connectivity index (χ3n) is 4.07. The van der Waals surface area contributed by atoms with Crippen molar-refractivity contribution in [3.63, 3.8) is 0 Å². The predicted octanol–water partition coefficient (Wildman–Crippen LogP) is 3.12. The molecule has 1 aliphatic carbocycles. The molecule has 1 aromatic carbocycles. The van der Waals surface area contributed by atoms with E-state index in [1.807, 2.05) is 30.3 Å². The van der Waals surface area contributed by atoms with Gasteiger partial charge in [-0.15, -0.1) is 0 Å². The Labute approximate surface area is 96.6 Å². The molecule has 1 fully saturated rings. The van der Waals surface area contributed by atoms with Crippen LogP contribution in [0.1, 0.15) is 33.3 Å². The fourth-order valence-electron chi connectivity index (χ4n) is 2.79. The number of rotatable bonds is 2. The molecule has 0 spiro atoms.